The van der Waals surface area contributed by atoms with Crippen molar-refractivity contribution in [3.8, 4) is 11.3 Å². The third kappa shape index (κ3) is 2.64. The highest BCUT2D eigenvalue weighted by Crippen LogP contribution is 2.24. The maximum absolute atomic E-state index is 5.51. The van der Waals surface area contributed by atoms with E-state index < -0.39 is 0 Å². The van der Waals surface area contributed by atoms with E-state index in [9.17, 15) is 0 Å². The van der Waals surface area contributed by atoms with Gasteiger partial charge in [0.1, 0.15) is 0 Å². The van der Waals surface area contributed by atoms with Crippen LogP contribution in [0.4, 0.5) is 0 Å². The molecule has 0 atom stereocenters. The van der Waals surface area contributed by atoms with Crippen molar-refractivity contribution >= 4 is 23.1 Å². The Labute approximate surface area is 104 Å². The second-order valence-corrected chi connectivity index (χ2v) is 5.22. The Morgan fingerprint density at radius 3 is 2.69 bits per heavy atom. The molecule has 0 aliphatic rings. The standard InChI is InChI=1S/C12H14N2S2/c1-15-10-4-2-9(3-5-10)11-8-16-12(14-11)6-7-13/h2-5,8H,6-7,13H2,1H3. The highest BCUT2D eigenvalue weighted by Gasteiger charge is 2.03. The summed E-state index contributed by atoms with van der Waals surface area (Å²) < 4.78 is 0. The first-order valence-corrected chi connectivity index (χ1v) is 7.23. The Morgan fingerprint density at radius 2 is 2.06 bits per heavy atom. The lowest BCUT2D eigenvalue weighted by Crippen LogP contribution is -2.01. The molecular formula is C12H14N2S2. The number of thiazole rings is 1. The maximum Gasteiger partial charge on any atom is 0.0945 e. The molecule has 0 saturated carbocycles. The molecule has 1 aromatic heterocycles. The molecule has 0 fully saturated rings. The average Bonchev–Trinajstić information content (AvgIpc) is 2.78. The van der Waals surface area contributed by atoms with Crippen LogP contribution < -0.4 is 5.73 Å². The van der Waals surface area contributed by atoms with E-state index in [0.29, 0.717) is 6.54 Å². The van der Waals surface area contributed by atoms with Crippen LogP contribution in [0.2, 0.25) is 0 Å². The molecule has 1 heterocycles. The van der Waals surface area contributed by atoms with Gasteiger partial charge in [-0.3, -0.25) is 0 Å². The summed E-state index contributed by atoms with van der Waals surface area (Å²) in [5.74, 6) is 0. The van der Waals surface area contributed by atoms with Crippen molar-refractivity contribution in [2.45, 2.75) is 11.3 Å². The first kappa shape index (κ1) is 11.6. The van der Waals surface area contributed by atoms with Gasteiger partial charge in [-0.05, 0) is 24.9 Å². The minimum absolute atomic E-state index is 0.665. The molecule has 0 bridgehead atoms. The monoisotopic (exact) mass is 250 g/mol. The van der Waals surface area contributed by atoms with E-state index in [4.69, 9.17) is 5.73 Å². The normalized spacial score (nSPS) is 10.6. The summed E-state index contributed by atoms with van der Waals surface area (Å²) in [6, 6.07) is 8.49. The Bertz CT molecular complexity index is 448. The van der Waals surface area contributed by atoms with Gasteiger partial charge in [-0.2, -0.15) is 0 Å². The molecule has 2 N–H and O–H groups in total. The number of benzene rings is 1. The topological polar surface area (TPSA) is 38.9 Å². The van der Waals surface area contributed by atoms with Crippen LogP contribution in [0.25, 0.3) is 11.3 Å². The van der Waals surface area contributed by atoms with E-state index in [1.165, 1.54) is 10.5 Å². The molecule has 0 amide bonds. The van der Waals surface area contributed by atoms with Gasteiger partial charge in [-0.25, -0.2) is 4.98 Å². The van der Waals surface area contributed by atoms with Gasteiger partial charge in [0.15, 0.2) is 0 Å². The van der Waals surface area contributed by atoms with Gasteiger partial charge in [0.05, 0.1) is 10.7 Å². The third-order valence-electron chi connectivity index (χ3n) is 2.30. The third-order valence-corrected chi connectivity index (χ3v) is 3.95. The minimum Gasteiger partial charge on any atom is -0.330 e. The molecule has 0 spiro atoms. The molecule has 1 aromatic carbocycles. The number of hydrogen-bond donors (Lipinski definition) is 1. The van der Waals surface area contributed by atoms with Crippen molar-refractivity contribution < 1.29 is 0 Å². The second kappa shape index (κ2) is 5.48. The zero-order chi connectivity index (χ0) is 11.4. The first-order chi connectivity index (χ1) is 7.83. The van der Waals surface area contributed by atoms with Crippen LogP contribution in [-0.2, 0) is 6.42 Å². The summed E-state index contributed by atoms with van der Waals surface area (Å²) in [7, 11) is 0. The van der Waals surface area contributed by atoms with Gasteiger partial charge in [-0.1, -0.05) is 12.1 Å². The summed E-state index contributed by atoms with van der Waals surface area (Å²) in [5, 5.41) is 3.21. The molecule has 16 heavy (non-hydrogen) atoms. The number of aromatic nitrogens is 1. The van der Waals surface area contributed by atoms with Gasteiger partial charge < -0.3 is 5.73 Å². The van der Waals surface area contributed by atoms with E-state index in [1.54, 1.807) is 23.1 Å². The lowest BCUT2D eigenvalue weighted by atomic mass is 10.2. The molecule has 2 nitrogen and oxygen atoms in total. The van der Waals surface area contributed by atoms with Gasteiger partial charge >= 0.3 is 0 Å². The highest BCUT2D eigenvalue weighted by atomic mass is 32.2. The predicted octanol–water partition coefficient (Wildman–Crippen LogP) is 3.03. The summed E-state index contributed by atoms with van der Waals surface area (Å²) >= 11 is 3.43. The quantitative estimate of drug-likeness (QED) is 0.848. The smallest absolute Gasteiger partial charge is 0.0945 e. The molecule has 0 unspecified atom stereocenters. The van der Waals surface area contributed by atoms with Gasteiger partial charge in [0.25, 0.3) is 0 Å². The zero-order valence-corrected chi connectivity index (χ0v) is 10.8. The van der Waals surface area contributed by atoms with Gasteiger partial charge in [0.2, 0.25) is 0 Å². The lowest BCUT2D eigenvalue weighted by Gasteiger charge is -1.98. The van der Waals surface area contributed by atoms with Crippen molar-refractivity contribution in [2.75, 3.05) is 12.8 Å². The number of rotatable bonds is 4. The summed E-state index contributed by atoms with van der Waals surface area (Å²) in [5.41, 5.74) is 7.74. The van der Waals surface area contributed by atoms with Crippen LogP contribution in [0.5, 0.6) is 0 Å². The Hall–Kier alpha value is -0.840. The molecule has 0 radical (unpaired) electrons. The summed E-state index contributed by atoms with van der Waals surface area (Å²) in [6.45, 7) is 0.665. The number of nitrogens with two attached hydrogens (primary N) is 1. The predicted molar refractivity (Wildman–Crippen MR) is 72.1 cm³/mol. The van der Waals surface area contributed by atoms with E-state index >= 15 is 0 Å². The van der Waals surface area contributed by atoms with Gasteiger partial charge in [0, 0.05) is 22.3 Å². The van der Waals surface area contributed by atoms with Crippen molar-refractivity contribution in [3.05, 3.63) is 34.7 Å². The Morgan fingerprint density at radius 1 is 1.31 bits per heavy atom. The summed E-state index contributed by atoms with van der Waals surface area (Å²) in [4.78, 5) is 5.84. The molecule has 2 rings (SSSR count). The van der Waals surface area contributed by atoms with E-state index in [0.717, 1.165) is 17.1 Å². The van der Waals surface area contributed by atoms with Crippen molar-refractivity contribution in [1.29, 1.82) is 0 Å². The van der Waals surface area contributed by atoms with Crippen LogP contribution in [-0.4, -0.2) is 17.8 Å². The van der Waals surface area contributed by atoms with Crippen molar-refractivity contribution in [2.24, 2.45) is 5.73 Å². The van der Waals surface area contributed by atoms with Crippen LogP contribution >= 0.6 is 23.1 Å². The van der Waals surface area contributed by atoms with Crippen molar-refractivity contribution in [1.82, 2.24) is 4.98 Å². The average molecular weight is 250 g/mol. The minimum atomic E-state index is 0.665. The number of nitrogens with zero attached hydrogens (tertiary/aromatic N) is 1. The maximum atomic E-state index is 5.51. The number of hydrogen-bond acceptors (Lipinski definition) is 4. The van der Waals surface area contributed by atoms with Crippen molar-refractivity contribution in [3.63, 3.8) is 0 Å². The van der Waals surface area contributed by atoms with E-state index in [1.807, 2.05) is 0 Å². The summed E-state index contributed by atoms with van der Waals surface area (Å²) in [6.07, 6.45) is 2.95. The van der Waals surface area contributed by atoms with Crippen LogP contribution in [0.1, 0.15) is 5.01 Å². The van der Waals surface area contributed by atoms with Crippen LogP contribution in [0, 0.1) is 0 Å². The molecule has 0 aliphatic heterocycles. The molecule has 2 aromatic rings. The van der Waals surface area contributed by atoms with Crippen LogP contribution in [0.15, 0.2) is 34.5 Å². The highest BCUT2D eigenvalue weighted by molar-refractivity contribution is 7.98. The van der Waals surface area contributed by atoms with Gasteiger partial charge in [-0.15, -0.1) is 23.1 Å². The number of thioether (sulfide) groups is 1. The second-order valence-electron chi connectivity index (χ2n) is 3.39. The molecule has 84 valence electrons. The lowest BCUT2D eigenvalue weighted by molar-refractivity contribution is 0.954. The zero-order valence-electron chi connectivity index (χ0n) is 9.14. The Balaban J connectivity index is 2.21. The van der Waals surface area contributed by atoms with Crippen LogP contribution in [0.3, 0.4) is 0 Å². The molecule has 4 heteroatoms. The fourth-order valence-corrected chi connectivity index (χ4v) is 2.68. The Kier molecular flexibility index (Phi) is 3.98. The molecule has 0 saturated heterocycles. The van der Waals surface area contributed by atoms with E-state index in [2.05, 4.69) is 40.9 Å². The fraction of sp³-hybridized carbons (Fsp3) is 0.250. The largest absolute Gasteiger partial charge is 0.330 e. The van der Waals surface area contributed by atoms with E-state index in [-0.39, 0.29) is 0 Å². The first-order valence-electron chi connectivity index (χ1n) is 5.12. The molecular weight excluding hydrogens is 236 g/mol. The molecule has 0 aliphatic carbocycles. The SMILES string of the molecule is CSc1ccc(-c2csc(CCN)n2)cc1. The fourth-order valence-electron chi connectivity index (χ4n) is 1.44.